The molecule has 0 spiro atoms. The second-order valence-electron chi connectivity index (χ2n) is 8.50. The maximum Gasteiger partial charge on any atom is 0.264 e. The molecule has 1 unspecified atom stereocenters. The first-order valence-electron chi connectivity index (χ1n) is 11.5. The van der Waals surface area contributed by atoms with Gasteiger partial charge >= 0.3 is 0 Å². The maximum atomic E-state index is 13.7. The number of nitrogens with zero attached hydrogens (tertiary/aromatic N) is 2. The number of carbonyl (C=O) groups is 2. The van der Waals surface area contributed by atoms with Gasteiger partial charge in [0.1, 0.15) is 12.6 Å². The summed E-state index contributed by atoms with van der Waals surface area (Å²) in [6.45, 7) is 4.95. The molecule has 36 heavy (non-hydrogen) atoms. The molecule has 3 aromatic carbocycles. The first kappa shape index (κ1) is 27.2. The number of rotatable bonds is 9. The molecular weight excluding hydrogens is 498 g/mol. The lowest BCUT2D eigenvalue weighted by Gasteiger charge is -2.32. The summed E-state index contributed by atoms with van der Waals surface area (Å²) in [7, 11) is -2.60. The summed E-state index contributed by atoms with van der Waals surface area (Å²) in [6, 6.07) is 19.4. The van der Waals surface area contributed by atoms with Gasteiger partial charge in [-0.2, -0.15) is 0 Å². The first-order valence-corrected chi connectivity index (χ1v) is 13.3. The largest absolute Gasteiger partial charge is 0.357 e. The second-order valence-corrected chi connectivity index (χ2v) is 10.8. The quantitative estimate of drug-likeness (QED) is 0.449. The van der Waals surface area contributed by atoms with Crippen LogP contribution in [0, 0.1) is 13.8 Å². The lowest BCUT2D eigenvalue weighted by Crippen LogP contribution is -2.50. The Hall–Kier alpha value is -3.36. The third-order valence-corrected chi connectivity index (χ3v) is 8.26. The number of carbonyl (C=O) groups excluding carboxylic acids is 2. The van der Waals surface area contributed by atoms with Crippen molar-refractivity contribution in [2.45, 2.75) is 38.3 Å². The Morgan fingerprint density at radius 3 is 2.19 bits per heavy atom. The van der Waals surface area contributed by atoms with E-state index in [1.54, 1.807) is 61.5 Å². The molecule has 1 N–H and O–H groups in total. The molecule has 7 nitrogen and oxygen atoms in total. The van der Waals surface area contributed by atoms with Gasteiger partial charge in [0.25, 0.3) is 10.0 Å². The number of sulfonamides is 1. The Bertz CT molecular complexity index is 1350. The third kappa shape index (κ3) is 6.06. The zero-order valence-electron chi connectivity index (χ0n) is 20.7. The molecule has 0 saturated carbocycles. The van der Waals surface area contributed by atoms with Crippen LogP contribution >= 0.6 is 11.6 Å². The minimum atomic E-state index is -4.09. The van der Waals surface area contributed by atoms with Crippen molar-refractivity contribution in [2.24, 2.45) is 0 Å². The monoisotopic (exact) mass is 527 g/mol. The SMILES string of the molecule is CNC(=O)C(C)N(Cc1ccccc1Cl)C(=O)CN(c1ccc(C)c(C)c1)S(=O)(=O)c1ccccc1. The lowest BCUT2D eigenvalue weighted by atomic mass is 10.1. The molecule has 0 bridgehead atoms. The molecule has 190 valence electrons. The maximum absolute atomic E-state index is 13.7. The molecule has 9 heteroatoms. The van der Waals surface area contributed by atoms with Gasteiger partial charge in [0.05, 0.1) is 10.6 Å². The minimum absolute atomic E-state index is 0.0409. The van der Waals surface area contributed by atoms with Crippen LogP contribution in [0.3, 0.4) is 0 Å². The fourth-order valence-corrected chi connectivity index (χ4v) is 5.35. The Morgan fingerprint density at radius 1 is 0.944 bits per heavy atom. The number of halogens is 1. The highest BCUT2D eigenvalue weighted by Gasteiger charge is 2.32. The fourth-order valence-electron chi connectivity index (χ4n) is 3.73. The van der Waals surface area contributed by atoms with Crippen LogP contribution in [0.15, 0.2) is 77.7 Å². The summed E-state index contributed by atoms with van der Waals surface area (Å²) < 4.78 is 28.5. The van der Waals surface area contributed by atoms with Gasteiger partial charge in [-0.25, -0.2) is 8.42 Å². The van der Waals surface area contributed by atoms with Gasteiger partial charge in [0.15, 0.2) is 0 Å². The molecule has 0 saturated heterocycles. The number of aryl methyl sites for hydroxylation is 2. The number of amides is 2. The molecule has 3 rings (SSSR count). The van der Waals surface area contributed by atoms with E-state index in [-0.39, 0.29) is 17.3 Å². The van der Waals surface area contributed by atoms with Crippen LogP contribution in [0.1, 0.15) is 23.6 Å². The molecule has 0 fully saturated rings. The van der Waals surface area contributed by atoms with Crippen molar-refractivity contribution in [3.8, 4) is 0 Å². The summed E-state index contributed by atoms with van der Waals surface area (Å²) in [5.74, 6) is -0.914. The smallest absolute Gasteiger partial charge is 0.264 e. The summed E-state index contributed by atoms with van der Waals surface area (Å²) >= 11 is 6.33. The first-order chi connectivity index (χ1) is 17.1. The lowest BCUT2D eigenvalue weighted by molar-refractivity contribution is -0.139. The summed E-state index contributed by atoms with van der Waals surface area (Å²) in [5.41, 5.74) is 2.89. The Morgan fingerprint density at radius 2 is 1.58 bits per heavy atom. The number of hydrogen-bond donors (Lipinski definition) is 1. The molecule has 0 heterocycles. The van der Waals surface area contributed by atoms with Crippen LogP contribution in [0.25, 0.3) is 0 Å². The van der Waals surface area contributed by atoms with E-state index in [0.717, 1.165) is 15.4 Å². The number of benzene rings is 3. The molecule has 3 aromatic rings. The molecule has 1 atom stereocenters. The zero-order chi connectivity index (χ0) is 26.5. The standard InChI is InChI=1S/C27H30ClN3O4S/c1-19-14-15-23(16-20(19)2)31(36(34,35)24-11-6-5-7-12-24)18-26(32)30(21(3)27(33)29-4)17-22-10-8-9-13-25(22)28/h5-16,21H,17-18H2,1-4H3,(H,29,33). The van der Waals surface area contributed by atoms with Crippen molar-refractivity contribution in [3.05, 3.63) is 94.5 Å². The van der Waals surface area contributed by atoms with E-state index in [4.69, 9.17) is 11.6 Å². The molecule has 0 aliphatic heterocycles. The predicted octanol–water partition coefficient (Wildman–Crippen LogP) is 4.32. The van der Waals surface area contributed by atoms with Gasteiger partial charge in [-0.15, -0.1) is 0 Å². The van der Waals surface area contributed by atoms with Crippen LogP contribution in [0.2, 0.25) is 5.02 Å². The van der Waals surface area contributed by atoms with Gasteiger partial charge in [-0.3, -0.25) is 13.9 Å². The van der Waals surface area contributed by atoms with Gasteiger partial charge < -0.3 is 10.2 Å². The number of likely N-dealkylation sites (N-methyl/N-ethyl adjacent to an activating group) is 1. The van der Waals surface area contributed by atoms with Crippen molar-refractivity contribution in [3.63, 3.8) is 0 Å². The van der Waals surface area contributed by atoms with Crippen molar-refractivity contribution in [1.29, 1.82) is 0 Å². The molecule has 0 aliphatic carbocycles. The van der Waals surface area contributed by atoms with Crippen molar-refractivity contribution >= 4 is 39.1 Å². The van der Waals surface area contributed by atoms with Gasteiger partial charge in [0.2, 0.25) is 11.8 Å². The van der Waals surface area contributed by atoms with Gasteiger partial charge in [0, 0.05) is 18.6 Å². The third-order valence-electron chi connectivity index (χ3n) is 6.10. The summed E-state index contributed by atoms with van der Waals surface area (Å²) in [4.78, 5) is 27.7. The Balaban J connectivity index is 2.06. The molecule has 0 radical (unpaired) electrons. The number of hydrogen-bond acceptors (Lipinski definition) is 4. The predicted molar refractivity (Wildman–Crippen MR) is 142 cm³/mol. The van der Waals surface area contributed by atoms with Gasteiger partial charge in [-0.05, 0) is 67.8 Å². The van der Waals surface area contributed by atoms with Crippen LogP contribution in [-0.4, -0.2) is 44.8 Å². The average molecular weight is 528 g/mol. The van der Waals surface area contributed by atoms with E-state index in [0.29, 0.717) is 16.3 Å². The van der Waals surface area contributed by atoms with Crippen LogP contribution < -0.4 is 9.62 Å². The topological polar surface area (TPSA) is 86.8 Å². The summed E-state index contributed by atoms with van der Waals surface area (Å²) in [5, 5.41) is 3.00. The van der Waals surface area contributed by atoms with Crippen LogP contribution in [0.5, 0.6) is 0 Å². The van der Waals surface area contributed by atoms with Crippen LogP contribution in [-0.2, 0) is 26.2 Å². The van der Waals surface area contributed by atoms with E-state index < -0.39 is 28.5 Å². The van der Waals surface area contributed by atoms with E-state index >= 15 is 0 Å². The van der Waals surface area contributed by atoms with E-state index in [2.05, 4.69) is 5.32 Å². The van der Waals surface area contributed by atoms with Crippen molar-refractivity contribution in [1.82, 2.24) is 10.2 Å². The zero-order valence-corrected chi connectivity index (χ0v) is 22.3. The number of nitrogens with one attached hydrogen (secondary N) is 1. The molecule has 0 aromatic heterocycles. The van der Waals surface area contributed by atoms with E-state index in [1.807, 2.05) is 19.9 Å². The van der Waals surface area contributed by atoms with Crippen LogP contribution in [0.4, 0.5) is 5.69 Å². The van der Waals surface area contributed by atoms with E-state index in [1.165, 1.54) is 24.1 Å². The minimum Gasteiger partial charge on any atom is -0.357 e. The highest BCUT2D eigenvalue weighted by Crippen LogP contribution is 2.27. The van der Waals surface area contributed by atoms with Crippen molar-refractivity contribution < 1.29 is 18.0 Å². The van der Waals surface area contributed by atoms with Crippen molar-refractivity contribution in [2.75, 3.05) is 17.9 Å². The number of anilines is 1. The van der Waals surface area contributed by atoms with Gasteiger partial charge in [-0.1, -0.05) is 54.1 Å². The van der Waals surface area contributed by atoms with E-state index in [9.17, 15) is 18.0 Å². The normalized spacial score (nSPS) is 12.0. The average Bonchev–Trinajstić information content (AvgIpc) is 2.87. The highest BCUT2D eigenvalue weighted by atomic mass is 35.5. The fraction of sp³-hybridized carbons (Fsp3) is 0.259. The Kier molecular flexibility index (Phi) is 8.76. The molecular formula is C27H30ClN3O4S. The molecule has 0 aliphatic rings. The Labute approximate surface area is 217 Å². The summed E-state index contributed by atoms with van der Waals surface area (Å²) in [6.07, 6.45) is 0. The highest BCUT2D eigenvalue weighted by molar-refractivity contribution is 7.92. The second kappa shape index (κ2) is 11.6. The molecule has 2 amide bonds.